The van der Waals surface area contributed by atoms with Crippen molar-refractivity contribution < 1.29 is 9.59 Å². The Balaban J connectivity index is 2.00. The highest BCUT2D eigenvalue weighted by atomic mass is 32.1. The largest absolute Gasteiger partial charge is 0.346 e. The van der Waals surface area contributed by atoms with Gasteiger partial charge >= 0.3 is 0 Å². The van der Waals surface area contributed by atoms with Gasteiger partial charge in [-0.05, 0) is 45.7 Å². The molecule has 1 aromatic heterocycles. The molecule has 8 nitrogen and oxygen atoms in total. The molecule has 0 bridgehead atoms. The third-order valence-electron chi connectivity index (χ3n) is 4.04. The molecule has 2 N–H and O–H groups in total. The molecule has 0 atom stereocenters. The fraction of sp³-hybridized carbons (Fsp3) is 0.238. The van der Waals surface area contributed by atoms with E-state index in [0.717, 1.165) is 9.88 Å². The number of nitrogens with one attached hydrogen (secondary N) is 2. The maximum atomic E-state index is 12.3. The summed E-state index contributed by atoms with van der Waals surface area (Å²) < 4.78 is 0. The molecule has 2 aromatic rings. The number of thiazole rings is 1. The zero-order chi connectivity index (χ0) is 22.1. The first-order chi connectivity index (χ1) is 14.3. The van der Waals surface area contributed by atoms with Crippen LogP contribution in [0.25, 0.3) is 0 Å². The topological polar surface area (TPSA) is 120 Å². The summed E-state index contributed by atoms with van der Waals surface area (Å²) in [6.07, 6.45) is 1.73. The van der Waals surface area contributed by atoms with E-state index in [2.05, 4.69) is 32.3 Å². The predicted molar refractivity (Wildman–Crippen MR) is 118 cm³/mol. The molecular weight excluding hydrogens is 400 g/mol. The number of hydrogen-bond donors (Lipinski definition) is 2. The molecule has 1 heterocycles. The standard InChI is InChI=1S/C21H22N6O2S/c1-13(27-14(2)20(28)25-11-18-10-24-15(3)30-18)19(23-4)12-26-21(29)17-7-5-6-16(8-17)9-22/h5-8,10H,4,11-12H2,1-3H3,(H,25,28)(H,26,29)/b19-13-,27-14?. The summed E-state index contributed by atoms with van der Waals surface area (Å²) >= 11 is 1.52. The third-order valence-corrected chi connectivity index (χ3v) is 4.95. The Morgan fingerprint density at radius 3 is 2.70 bits per heavy atom. The van der Waals surface area contributed by atoms with Crippen molar-refractivity contribution in [3.05, 3.63) is 62.9 Å². The van der Waals surface area contributed by atoms with Crippen LogP contribution in [0.1, 0.15) is 39.7 Å². The normalized spacial score (nSPS) is 11.9. The number of rotatable bonds is 8. The van der Waals surface area contributed by atoms with Crippen LogP contribution >= 0.6 is 11.3 Å². The van der Waals surface area contributed by atoms with E-state index in [9.17, 15) is 9.59 Å². The van der Waals surface area contributed by atoms with E-state index in [1.165, 1.54) is 17.4 Å². The minimum Gasteiger partial charge on any atom is -0.346 e. The molecule has 1 aromatic carbocycles. The van der Waals surface area contributed by atoms with E-state index in [0.29, 0.717) is 29.1 Å². The first-order valence-corrected chi connectivity index (χ1v) is 9.85. The summed E-state index contributed by atoms with van der Waals surface area (Å²) in [5.74, 6) is -0.652. The minimum absolute atomic E-state index is 0.0868. The highest BCUT2D eigenvalue weighted by Crippen LogP contribution is 2.11. The Hall–Kier alpha value is -3.64. The van der Waals surface area contributed by atoms with Crippen molar-refractivity contribution in [3.63, 3.8) is 0 Å². The van der Waals surface area contributed by atoms with Crippen molar-refractivity contribution in [1.29, 1.82) is 5.26 Å². The molecule has 0 spiro atoms. The van der Waals surface area contributed by atoms with Gasteiger partial charge in [-0.25, -0.2) is 4.98 Å². The summed E-state index contributed by atoms with van der Waals surface area (Å²) in [6.45, 7) is 9.17. The molecule has 0 aliphatic rings. The van der Waals surface area contributed by atoms with Crippen LogP contribution in [0.15, 0.2) is 51.8 Å². The van der Waals surface area contributed by atoms with Crippen molar-refractivity contribution in [2.24, 2.45) is 9.98 Å². The zero-order valence-electron chi connectivity index (χ0n) is 17.0. The molecule has 154 valence electrons. The fourth-order valence-electron chi connectivity index (χ4n) is 2.44. The smallest absolute Gasteiger partial charge is 0.265 e. The van der Waals surface area contributed by atoms with Crippen molar-refractivity contribution in [2.45, 2.75) is 27.3 Å². The molecule has 0 unspecified atom stereocenters. The first-order valence-electron chi connectivity index (χ1n) is 9.03. The van der Waals surface area contributed by atoms with Gasteiger partial charge in [-0.3, -0.25) is 19.6 Å². The molecule has 0 saturated heterocycles. The minimum atomic E-state index is -0.348. The highest BCUT2D eigenvalue weighted by molar-refractivity contribution is 7.11. The van der Waals surface area contributed by atoms with Crippen LogP contribution in [-0.2, 0) is 11.3 Å². The Morgan fingerprint density at radius 1 is 1.30 bits per heavy atom. The lowest BCUT2D eigenvalue weighted by Gasteiger charge is -2.08. The second kappa shape index (κ2) is 10.8. The molecule has 0 aliphatic heterocycles. The van der Waals surface area contributed by atoms with Gasteiger partial charge < -0.3 is 10.6 Å². The number of nitrogens with zero attached hydrogens (tertiary/aromatic N) is 4. The molecule has 9 heteroatoms. The van der Waals surface area contributed by atoms with Gasteiger partial charge in [0, 0.05) is 16.6 Å². The Kier molecular flexibility index (Phi) is 8.14. The van der Waals surface area contributed by atoms with Gasteiger partial charge in [0.15, 0.2) is 0 Å². The van der Waals surface area contributed by atoms with Crippen LogP contribution in [0.3, 0.4) is 0 Å². The van der Waals surface area contributed by atoms with E-state index >= 15 is 0 Å². The number of hydrogen-bond acceptors (Lipinski definition) is 7. The third kappa shape index (κ3) is 6.46. The lowest BCUT2D eigenvalue weighted by Crippen LogP contribution is -2.29. The van der Waals surface area contributed by atoms with Gasteiger partial charge in [-0.1, -0.05) is 6.07 Å². The van der Waals surface area contributed by atoms with E-state index in [4.69, 9.17) is 5.26 Å². The second-order valence-corrected chi connectivity index (χ2v) is 7.61. The van der Waals surface area contributed by atoms with E-state index < -0.39 is 0 Å². The number of carbonyl (C=O) groups is 2. The summed E-state index contributed by atoms with van der Waals surface area (Å²) in [7, 11) is 0. The maximum Gasteiger partial charge on any atom is 0.265 e. The lowest BCUT2D eigenvalue weighted by atomic mass is 10.1. The van der Waals surface area contributed by atoms with Crippen molar-refractivity contribution in [3.8, 4) is 6.07 Å². The average molecular weight is 423 g/mol. The van der Waals surface area contributed by atoms with Crippen LogP contribution < -0.4 is 10.6 Å². The number of carbonyl (C=O) groups excluding carboxylic acids is 2. The van der Waals surface area contributed by atoms with Crippen LogP contribution in [0.5, 0.6) is 0 Å². The molecule has 30 heavy (non-hydrogen) atoms. The van der Waals surface area contributed by atoms with Crippen molar-refractivity contribution in [1.82, 2.24) is 15.6 Å². The molecule has 0 aliphatic carbocycles. The van der Waals surface area contributed by atoms with Gasteiger partial charge in [0.1, 0.15) is 5.71 Å². The van der Waals surface area contributed by atoms with Gasteiger partial charge in [0.2, 0.25) is 0 Å². The quantitative estimate of drug-likeness (QED) is 0.636. The van der Waals surface area contributed by atoms with E-state index in [-0.39, 0.29) is 24.1 Å². The number of nitriles is 1. The monoisotopic (exact) mass is 422 g/mol. The van der Waals surface area contributed by atoms with Gasteiger partial charge in [-0.15, -0.1) is 11.3 Å². The Labute approximate surface area is 179 Å². The first kappa shape index (κ1) is 22.6. The molecule has 2 rings (SSSR count). The highest BCUT2D eigenvalue weighted by Gasteiger charge is 2.10. The maximum absolute atomic E-state index is 12.3. The van der Waals surface area contributed by atoms with Gasteiger partial charge in [0.25, 0.3) is 11.8 Å². The average Bonchev–Trinajstić information content (AvgIpc) is 3.17. The number of benzene rings is 1. The van der Waals surface area contributed by atoms with Crippen molar-refractivity contribution in [2.75, 3.05) is 6.54 Å². The zero-order valence-corrected chi connectivity index (χ0v) is 17.8. The van der Waals surface area contributed by atoms with E-state index in [1.807, 2.05) is 13.0 Å². The number of amides is 2. The van der Waals surface area contributed by atoms with Crippen LogP contribution in [-0.4, -0.2) is 35.8 Å². The van der Waals surface area contributed by atoms with Crippen LogP contribution in [0, 0.1) is 18.3 Å². The second-order valence-electron chi connectivity index (χ2n) is 6.29. The van der Waals surface area contributed by atoms with Crippen molar-refractivity contribution >= 4 is 35.6 Å². The fourth-order valence-corrected chi connectivity index (χ4v) is 3.18. The molecule has 2 amide bonds. The number of aliphatic imine (C=N–C) groups is 2. The lowest BCUT2D eigenvalue weighted by molar-refractivity contribution is -0.115. The van der Waals surface area contributed by atoms with Crippen LogP contribution in [0.4, 0.5) is 0 Å². The molecule has 0 fully saturated rings. The predicted octanol–water partition coefficient (Wildman–Crippen LogP) is 2.76. The summed E-state index contributed by atoms with van der Waals surface area (Å²) in [4.78, 5) is 37.9. The van der Waals surface area contributed by atoms with Gasteiger partial charge in [-0.2, -0.15) is 5.26 Å². The summed E-state index contributed by atoms with van der Waals surface area (Å²) in [6, 6.07) is 8.38. The summed E-state index contributed by atoms with van der Waals surface area (Å²) in [5, 5.41) is 15.4. The Morgan fingerprint density at radius 2 is 2.07 bits per heavy atom. The summed E-state index contributed by atoms with van der Waals surface area (Å²) in [5.41, 5.74) is 1.94. The molecule has 0 saturated carbocycles. The molecular formula is C21H22N6O2S. The van der Waals surface area contributed by atoms with E-state index in [1.54, 1.807) is 38.2 Å². The number of aromatic nitrogens is 1. The number of aryl methyl sites for hydroxylation is 1. The molecule has 0 radical (unpaired) electrons. The Bertz CT molecular complexity index is 1060. The number of allylic oxidation sites excluding steroid dienone is 1. The van der Waals surface area contributed by atoms with Crippen LogP contribution in [0.2, 0.25) is 0 Å². The van der Waals surface area contributed by atoms with Gasteiger partial charge in [0.05, 0.1) is 41.1 Å². The SMILES string of the molecule is C=N/C(CNC(=O)c1cccc(C#N)c1)=C(/C)N=C(C)C(=O)NCc1cnc(C)s1.